The minimum absolute atomic E-state index is 0.0605. The summed E-state index contributed by atoms with van der Waals surface area (Å²) in [6.45, 7) is 5.14. The van der Waals surface area contributed by atoms with Crippen LogP contribution in [0.1, 0.15) is 30.5 Å². The minimum atomic E-state index is -0.244. The smallest absolute Gasteiger partial charge is 0.250 e. The lowest BCUT2D eigenvalue weighted by Gasteiger charge is -2.20. The fraction of sp³-hybridized carbons (Fsp3) is 0.353. The highest BCUT2D eigenvalue weighted by molar-refractivity contribution is 5.21. The molecule has 1 atom stereocenters. The summed E-state index contributed by atoms with van der Waals surface area (Å²) in [5.74, 6) is -0.244. The average Bonchev–Trinajstić information content (AvgIpc) is 2.46. The van der Waals surface area contributed by atoms with Gasteiger partial charge in [-0.1, -0.05) is 25.1 Å². The summed E-state index contributed by atoms with van der Waals surface area (Å²) < 4.78 is 15.6. The molecule has 1 unspecified atom stereocenters. The molecule has 3 nitrogen and oxygen atoms in total. The summed E-state index contributed by atoms with van der Waals surface area (Å²) in [6.07, 6.45) is 2.72. The van der Waals surface area contributed by atoms with Crippen LogP contribution in [0.25, 0.3) is 0 Å². The molecule has 112 valence electrons. The number of hydrogen-bond donors (Lipinski definition) is 1. The summed E-state index contributed by atoms with van der Waals surface area (Å²) in [6, 6.07) is 9.98. The van der Waals surface area contributed by atoms with Gasteiger partial charge in [0, 0.05) is 24.4 Å². The maximum atomic E-state index is 14.0. The van der Waals surface area contributed by atoms with E-state index in [1.807, 2.05) is 19.1 Å². The molecule has 0 saturated carbocycles. The fourth-order valence-corrected chi connectivity index (χ4v) is 2.30. The lowest BCUT2D eigenvalue weighted by atomic mass is 10.1. The van der Waals surface area contributed by atoms with Crippen molar-refractivity contribution in [2.45, 2.75) is 32.9 Å². The normalized spacial score (nSPS) is 12.3. The Kier molecular flexibility index (Phi) is 5.28. The number of pyridine rings is 1. The van der Waals surface area contributed by atoms with Crippen LogP contribution in [0.15, 0.2) is 47.4 Å². The van der Waals surface area contributed by atoms with Crippen molar-refractivity contribution >= 4 is 0 Å². The van der Waals surface area contributed by atoms with Crippen LogP contribution in [0.5, 0.6) is 0 Å². The molecular weight excluding hydrogens is 267 g/mol. The van der Waals surface area contributed by atoms with Crippen molar-refractivity contribution in [2.24, 2.45) is 0 Å². The van der Waals surface area contributed by atoms with Gasteiger partial charge in [0.25, 0.3) is 5.56 Å². The molecular formula is C17H21FN2O. The van der Waals surface area contributed by atoms with E-state index in [2.05, 4.69) is 12.2 Å². The average molecular weight is 288 g/mol. The standard InChI is InChI=1S/C17H21FN2O/c1-3-9-19-16(14-6-4-5-7-15(14)18)12-20-10-8-13(2)11-17(20)21/h4-8,10-11,16,19H,3,9,12H2,1-2H3. The van der Waals surface area contributed by atoms with E-state index in [9.17, 15) is 9.18 Å². The number of rotatable bonds is 6. The van der Waals surface area contributed by atoms with Gasteiger partial charge >= 0.3 is 0 Å². The number of nitrogens with one attached hydrogen (secondary N) is 1. The molecule has 4 heteroatoms. The van der Waals surface area contributed by atoms with E-state index in [-0.39, 0.29) is 17.4 Å². The molecule has 0 bridgehead atoms. The van der Waals surface area contributed by atoms with E-state index in [1.165, 1.54) is 6.07 Å². The lowest BCUT2D eigenvalue weighted by Crippen LogP contribution is -2.31. The van der Waals surface area contributed by atoms with E-state index in [0.29, 0.717) is 12.1 Å². The van der Waals surface area contributed by atoms with Crippen molar-refractivity contribution in [3.05, 3.63) is 69.9 Å². The van der Waals surface area contributed by atoms with Gasteiger partial charge in [0.1, 0.15) is 5.82 Å². The molecule has 0 amide bonds. The Hall–Kier alpha value is -1.94. The van der Waals surface area contributed by atoms with Gasteiger partial charge in [0.05, 0.1) is 6.04 Å². The van der Waals surface area contributed by atoms with Crippen molar-refractivity contribution in [3.63, 3.8) is 0 Å². The fourth-order valence-electron chi connectivity index (χ4n) is 2.30. The highest BCUT2D eigenvalue weighted by Gasteiger charge is 2.15. The van der Waals surface area contributed by atoms with Crippen LogP contribution in [0.2, 0.25) is 0 Å². The van der Waals surface area contributed by atoms with Crippen molar-refractivity contribution in [3.8, 4) is 0 Å². The van der Waals surface area contributed by atoms with E-state index in [4.69, 9.17) is 0 Å². The second-order valence-electron chi connectivity index (χ2n) is 5.22. The Balaban J connectivity index is 2.28. The van der Waals surface area contributed by atoms with E-state index < -0.39 is 0 Å². The molecule has 0 fully saturated rings. The van der Waals surface area contributed by atoms with E-state index in [1.54, 1.807) is 29.0 Å². The Morgan fingerprint density at radius 3 is 2.71 bits per heavy atom. The van der Waals surface area contributed by atoms with Gasteiger partial charge in [0.2, 0.25) is 0 Å². The Morgan fingerprint density at radius 1 is 1.29 bits per heavy atom. The van der Waals surface area contributed by atoms with Gasteiger partial charge in [-0.05, 0) is 37.6 Å². The molecule has 0 radical (unpaired) electrons. The maximum absolute atomic E-state index is 14.0. The van der Waals surface area contributed by atoms with Gasteiger partial charge < -0.3 is 9.88 Å². The minimum Gasteiger partial charge on any atom is -0.314 e. The Labute approximate surface area is 124 Å². The zero-order valence-electron chi connectivity index (χ0n) is 12.5. The zero-order valence-corrected chi connectivity index (χ0v) is 12.5. The first-order valence-electron chi connectivity index (χ1n) is 7.26. The lowest BCUT2D eigenvalue weighted by molar-refractivity contribution is 0.438. The molecule has 2 aromatic rings. The van der Waals surface area contributed by atoms with Crippen LogP contribution in [0.4, 0.5) is 4.39 Å². The first kappa shape index (κ1) is 15.4. The highest BCUT2D eigenvalue weighted by atomic mass is 19.1. The molecule has 0 saturated heterocycles. The van der Waals surface area contributed by atoms with Crippen molar-refractivity contribution < 1.29 is 4.39 Å². The summed E-state index contributed by atoms with van der Waals surface area (Å²) >= 11 is 0. The predicted molar refractivity (Wildman–Crippen MR) is 82.9 cm³/mol. The number of hydrogen-bond acceptors (Lipinski definition) is 2. The van der Waals surface area contributed by atoms with Crippen LogP contribution < -0.4 is 10.9 Å². The van der Waals surface area contributed by atoms with Gasteiger partial charge in [0.15, 0.2) is 0 Å². The molecule has 21 heavy (non-hydrogen) atoms. The van der Waals surface area contributed by atoms with Gasteiger partial charge in [-0.15, -0.1) is 0 Å². The Bertz CT molecular complexity index is 651. The molecule has 0 aliphatic heterocycles. The number of benzene rings is 1. The second kappa shape index (κ2) is 7.18. The number of aryl methyl sites for hydroxylation is 1. The Morgan fingerprint density at radius 2 is 2.05 bits per heavy atom. The number of nitrogens with zero attached hydrogens (tertiary/aromatic N) is 1. The largest absolute Gasteiger partial charge is 0.314 e. The molecule has 0 aliphatic rings. The van der Waals surface area contributed by atoms with Crippen LogP contribution >= 0.6 is 0 Å². The monoisotopic (exact) mass is 288 g/mol. The summed E-state index contributed by atoms with van der Waals surface area (Å²) in [5, 5.41) is 3.32. The predicted octanol–water partition coefficient (Wildman–Crippen LogP) is 3.04. The molecule has 1 N–H and O–H groups in total. The van der Waals surface area contributed by atoms with E-state index >= 15 is 0 Å². The van der Waals surface area contributed by atoms with Crippen molar-refractivity contribution in [1.29, 1.82) is 0 Å². The topological polar surface area (TPSA) is 34.0 Å². The first-order chi connectivity index (χ1) is 10.1. The molecule has 1 aromatic heterocycles. The second-order valence-corrected chi connectivity index (χ2v) is 5.22. The third kappa shape index (κ3) is 4.02. The summed E-state index contributed by atoms with van der Waals surface area (Å²) in [5.41, 5.74) is 1.47. The molecule has 2 rings (SSSR count). The third-order valence-electron chi connectivity index (χ3n) is 3.45. The number of aromatic nitrogens is 1. The van der Waals surface area contributed by atoms with Crippen LogP contribution in [0.3, 0.4) is 0 Å². The van der Waals surface area contributed by atoms with Crippen molar-refractivity contribution in [2.75, 3.05) is 6.54 Å². The summed E-state index contributed by atoms with van der Waals surface area (Å²) in [4.78, 5) is 12.0. The zero-order chi connectivity index (χ0) is 15.2. The van der Waals surface area contributed by atoms with Crippen LogP contribution in [-0.2, 0) is 6.54 Å². The first-order valence-corrected chi connectivity index (χ1v) is 7.26. The van der Waals surface area contributed by atoms with Gasteiger partial charge in [-0.2, -0.15) is 0 Å². The quantitative estimate of drug-likeness (QED) is 0.886. The third-order valence-corrected chi connectivity index (χ3v) is 3.45. The van der Waals surface area contributed by atoms with Crippen LogP contribution in [-0.4, -0.2) is 11.1 Å². The highest BCUT2D eigenvalue weighted by Crippen LogP contribution is 2.18. The van der Waals surface area contributed by atoms with Gasteiger partial charge in [-0.25, -0.2) is 4.39 Å². The van der Waals surface area contributed by atoms with Crippen molar-refractivity contribution in [1.82, 2.24) is 9.88 Å². The molecule has 1 aromatic carbocycles. The van der Waals surface area contributed by atoms with E-state index in [0.717, 1.165) is 18.5 Å². The van der Waals surface area contributed by atoms with Crippen LogP contribution in [0, 0.1) is 12.7 Å². The maximum Gasteiger partial charge on any atom is 0.250 e. The molecule has 0 spiro atoms. The number of halogens is 1. The molecule has 0 aliphatic carbocycles. The molecule has 1 heterocycles. The van der Waals surface area contributed by atoms with Gasteiger partial charge in [-0.3, -0.25) is 4.79 Å². The SMILES string of the molecule is CCCNC(Cn1ccc(C)cc1=O)c1ccccc1F. The summed E-state index contributed by atoms with van der Waals surface area (Å²) in [7, 11) is 0.